The third kappa shape index (κ3) is 13.8. The number of hydrogen-bond acceptors (Lipinski definition) is 13. The number of carbonyl (C=O) groups is 1. The van der Waals surface area contributed by atoms with Gasteiger partial charge in [0.25, 0.3) is 30.4 Å². The van der Waals surface area contributed by atoms with Gasteiger partial charge in [-0.1, -0.05) is 33.3 Å². The number of nitrogens with zero attached hydrogens (tertiary/aromatic N) is 2. The number of nitrogens with one attached hydrogen (secondary N) is 1. The SMILES string of the molecule is CCN(CCCS(=O)(=O)O)c1ccc2c(c1S(=O)(=O)NCCOC)OC(/C=C/C=C1/N(CCCCCC(=O)O)c3ccc(S(=O)(=O)O)cc3C1(C)CCCS(=O)(=O)O)C=C2C(C)(C)C. The van der Waals surface area contributed by atoms with Crippen LogP contribution < -0.4 is 19.3 Å². The smallest absolute Gasteiger partial charge is 0.303 e. The number of aliphatic carboxylic acids is 1. The Kier molecular flexibility index (Phi) is 17.5. The van der Waals surface area contributed by atoms with Gasteiger partial charge >= 0.3 is 5.97 Å². The molecule has 22 heteroatoms. The molecule has 4 rings (SSSR count). The second-order valence-electron chi connectivity index (χ2n) is 17.0. The molecule has 0 fully saturated rings. The highest BCUT2D eigenvalue weighted by atomic mass is 32.2. The number of unbranched alkanes of at least 4 members (excludes halogenated alkanes) is 2. The Morgan fingerprint density at radius 3 is 2.22 bits per heavy atom. The molecule has 0 aliphatic carbocycles. The van der Waals surface area contributed by atoms with E-state index in [1.54, 1.807) is 55.2 Å². The summed E-state index contributed by atoms with van der Waals surface area (Å²) in [6.07, 6.45) is 7.68. The summed E-state index contributed by atoms with van der Waals surface area (Å²) >= 11 is 0. The Balaban J connectivity index is 1.90. The van der Waals surface area contributed by atoms with Gasteiger partial charge in [0.2, 0.25) is 10.0 Å². The fourth-order valence-electron chi connectivity index (χ4n) is 8.08. The number of carboxylic acids is 1. The molecule has 0 bridgehead atoms. The van der Waals surface area contributed by atoms with E-state index in [1.165, 1.54) is 19.2 Å². The van der Waals surface area contributed by atoms with Crippen molar-refractivity contribution < 1.29 is 66.7 Å². The minimum Gasteiger partial charge on any atom is -0.481 e. The van der Waals surface area contributed by atoms with Gasteiger partial charge in [-0.2, -0.15) is 25.3 Å². The Labute approximate surface area is 377 Å². The number of anilines is 2. The minimum atomic E-state index is -4.66. The van der Waals surface area contributed by atoms with Crippen LogP contribution >= 0.6 is 0 Å². The van der Waals surface area contributed by atoms with Gasteiger partial charge in [0, 0.05) is 62.1 Å². The average Bonchev–Trinajstić information content (AvgIpc) is 3.39. The van der Waals surface area contributed by atoms with E-state index in [2.05, 4.69) is 4.72 Å². The van der Waals surface area contributed by atoms with Gasteiger partial charge in [-0.25, -0.2) is 13.1 Å². The molecule has 2 unspecified atom stereocenters. The highest BCUT2D eigenvalue weighted by Gasteiger charge is 2.44. The Morgan fingerprint density at radius 2 is 1.62 bits per heavy atom. The van der Waals surface area contributed by atoms with Crippen molar-refractivity contribution in [3.63, 3.8) is 0 Å². The number of hydrogen-bond donors (Lipinski definition) is 5. The average molecular weight is 976 g/mol. The van der Waals surface area contributed by atoms with E-state index in [-0.39, 0.29) is 73.2 Å². The van der Waals surface area contributed by atoms with Crippen molar-refractivity contribution in [2.24, 2.45) is 5.41 Å². The number of rotatable bonds is 24. The summed E-state index contributed by atoms with van der Waals surface area (Å²) in [6.45, 7) is 10.2. The summed E-state index contributed by atoms with van der Waals surface area (Å²) in [6, 6.07) is 7.54. The number of allylic oxidation sites excluding steroid dienone is 4. The van der Waals surface area contributed by atoms with E-state index in [0.29, 0.717) is 48.3 Å². The van der Waals surface area contributed by atoms with Crippen LogP contribution in [0.15, 0.2) is 70.1 Å². The number of methoxy groups -OCH3 is 1. The first-order chi connectivity index (χ1) is 29.6. The normalized spacial score (nSPS) is 18.8. The van der Waals surface area contributed by atoms with E-state index in [9.17, 15) is 57.2 Å². The zero-order valence-electron chi connectivity index (χ0n) is 37.0. The second-order valence-corrected chi connectivity index (χ2v) is 23.3. The quantitative estimate of drug-likeness (QED) is 0.0625. The van der Waals surface area contributed by atoms with E-state index in [4.69, 9.17) is 9.47 Å². The standard InChI is InChI=1S/C42H61N3O15S4/c1-7-44(23-13-27-62(51,52)53)36-20-18-32-33(41(2,3)4)28-30(60-39(32)40(36)63(54,55)43-22-25-59-6)14-11-15-37-42(5,21-12-26-61(48,49)50)34-29-31(64(56,57)58)17-19-35(34)45(37)24-10-8-9-16-38(46)47/h11,14-15,17-20,28-30,43H,7-10,12-13,16,21-27H2,1-6H3,(H,46,47)(H,48,49,50)(H,51,52,53)(H,56,57,58)/b14-11+,37-15+. The van der Waals surface area contributed by atoms with Crippen LogP contribution in [0.5, 0.6) is 5.75 Å². The van der Waals surface area contributed by atoms with Crippen LogP contribution in [0.1, 0.15) is 90.7 Å². The lowest BCUT2D eigenvalue weighted by molar-refractivity contribution is -0.137. The zero-order chi connectivity index (χ0) is 47.9. The van der Waals surface area contributed by atoms with Gasteiger partial charge in [-0.3, -0.25) is 18.5 Å². The van der Waals surface area contributed by atoms with E-state index < -0.39 is 74.8 Å². The predicted octanol–water partition coefficient (Wildman–Crippen LogP) is 5.68. The Bertz CT molecular complexity index is 2570. The molecular formula is C42H61N3O15S4. The van der Waals surface area contributed by atoms with Crippen molar-refractivity contribution in [3.05, 3.63) is 71.5 Å². The molecule has 0 radical (unpaired) electrons. The molecular weight excluding hydrogens is 915 g/mol. The zero-order valence-corrected chi connectivity index (χ0v) is 40.2. The van der Waals surface area contributed by atoms with Gasteiger partial charge in [0.05, 0.1) is 28.7 Å². The van der Waals surface area contributed by atoms with Gasteiger partial charge in [-0.05, 0) is 111 Å². The van der Waals surface area contributed by atoms with Crippen LogP contribution in [0, 0.1) is 5.41 Å². The summed E-state index contributed by atoms with van der Waals surface area (Å²) in [7, 11) is -16.2. The third-order valence-electron chi connectivity index (χ3n) is 11.1. The molecule has 2 atom stereocenters. The monoisotopic (exact) mass is 975 g/mol. The molecule has 0 amide bonds. The number of fused-ring (bicyclic) bond motifs is 2. The molecule has 18 nitrogen and oxygen atoms in total. The van der Waals surface area contributed by atoms with Gasteiger partial charge in [0.15, 0.2) is 0 Å². The maximum absolute atomic E-state index is 14.3. The first-order valence-electron chi connectivity index (χ1n) is 20.8. The van der Waals surface area contributed by atoms with Crippen LogP contribution in [-0.2, 0) is 55.3 Å². The van der Waals surface area contributed by atoms with Gasteiger partial charge in [-0.15, -0.1) is 0 Å². The molecule has 0 spiro atoms. The Hall–Kier alpha value is -3.87. The fourth-order valence-corrected chi connectivity index (χ4v) is 11.0. The highest BCUT2D eigenvalue weighted by Crippen LogP contribution is 2.52. The lowest BCUT2D eigenvalue weighted by atomic mass is 9.77. The maximum atomic E-state index is 14.3. The fraction of sp³-hybridized carbons (Fsp3) is 0.548. The molecule has 64 heavy (non-hydrogen) atoms. The van der Waals surface area contributed by atoms with Crippen molar-refractivity contribution in [1.29, 1.82) is 0 Å². The van der Waals surface area contributed by atoms with Gasteiger partial charge in [0.1, 0.15) is 16.7 Å². The second kappa shape index (κ2) is 21.2. The molecule has 0 aromatic heterocycles. The van der Waals surface area contributed by atoms with Crippen LogP contribution in [0.2, 0.25) is 0 Å². The molecule has 0 saturated carbocycles. The summed E-state index contributed by atoms with van der Waals surface area (Å²) in [5.74, 6) is -1.99. The van der Waals surface area contributed by atoms with Crippen LogP contribution in [0.3, 0.4) is 0 Å². The summed E-state index contributed by atoms with van der Waals surface area (Å²) in [4.78, 5) is 14.3. The molecule has 5 N–H and O–H groups in total. The summed E-state index contributed by atoms with van der Waals surface area (Å²) in [5, 5.41) is 9.18. The lowest BCUT2D eigenvalue weighted by Gasteiger charge is -2.34. The minimum absolute atomic E-state index is 0.00343. The molecule has 2 heterocycles. The molecule has 2 aromatic carbocycles. The molecule has 2 aliphatic rings. The van der Waals surface area contributed by atoms with Crippen LogP contribution in [-0.4, -0.2) is 116 Å². The number of carboxylic acid groups (broad SMARTS) is 1. The summed E-state index contributed by atoms with van der Waals surface area (Å²) in [5.41, 5.74) is 1.55. The van der Waals surface area contributed by atoms with Crippen molar-refractivity contribution in [1.82, 2.24) is 4.72 Å². The molecule has 358 valence electrons. The largest absolute Gasteiger partial charge is 0.481 e. The maximum Gasteiger partial charge on any atom is 0.303 e. The third-order valence-corrected chi connectivity index (χ3v) is 15.1. The van der Waals surface area contributed by atoms with E-state index in [1.807, 2.05) is 31.7 Å². The van der Waals surface area contributed by atoms with Crippen LogP contribution in [0.25, 0.3) is 5.57 Å². The van der Waals surface area contributed by atoms with E-state index >= 15 is 0 Å². The number of ether oxygens (including phenoxy) is 2. The molecule has 0 saturated heterocycles. The van der Waals surface area contributed by atoms with Gasteiger partial charge < -0.3 is 24.4 Å². The van der Waals surface area contributed by atoms with Crippen molar-refractivity contribution >= 4 is 63.3 Å². The number of benzene rings is 2. The molecule has 2 aliphatic heterocycles. The van der Waals surface area contributed by atoms with Crippen molar-refractivity contribution in [2.45, 2.75) is 101 Å². The number of sulfonamides is 1. The van der Waals surface area contributed by atoms with Crippen LogP contribution in [0.4, 0.5) is 11.4 Å². The van der Waals surface area contributed by atoms with E-state index in [0.717, 1.165) is 5.57 Å². The molecule has 2 aromatic rings. The summed E-state index contributed by atoms with van der Waals surface area (Å²) < 4.78 is 143. The Morgan fingerprint density at radius 1 is 0.953 bits per heavy atom. The first kappa shape index (κ1) is 52.8. The first-order valence-corrected chi connectivity index (χ1v) is 27.0. The van der Waals surface area contributed by atoms with Crippen molar-refractivity contribution in [3.8, 4) is 5.75 Å². The van der Waals surface area contributed by atoms with Crippen molar-refractivity contribution in [2.75, 3.05) is 61.2 Å². The lowest BCUT2D eigenvalue weighted by Crippen LogP contribution is -2.33. The predicted molar refractivity (Wildman–Crippen MR) is 244 cm³/mol. The highest BCUT2D eigenvalue weighted by molar-refractivity contribution is 7.89. The topological polar surface area (TPSA) is 272 Å².